The fourth-order valence-electron chi connectivity index (χ4n) is 4.17. The van der Waals surface area contributed by atoms with E-state index in [1.807, 2.05) is 37.3 Å². The van der Waals surface area contributed by atoms with Gasteiger partial charge in [-0.2, -0.15) is 0 Å². The Morgan fingerprint density at radius 3 is 1.69 bits per heavy atom. The van der Waals surface area contributed by atoms with Crippen molar-refractivity contribution < 1.29 is 35.8 Å². The van der Waals surface area contributed by atoms with Crippen molar-refractivity contribution in [1.29, 1.82) is 0 Å². The summed E-state index contributed by atoms with van der Waals surface area (Å²) in [7, 11) is 0. The molecule has 0 aliphatic heterocycles. The van der Waals surface area contributed by atoms with Gasteiger partial charge in [-0.3, -0.25) is 0 Å². The summed E-state index contributed by atoms with van der Waals surface area (Å²) in [5, 5.41) is 3.35. The molecule has 3 aromatic carbocycles. The second-order valence-corrected chi connectivity index (χ2v) is 8.43. The van der Waals surface area contributed by atoms with Gasteiger partial charge in [-0.1, -0.05) is 67.9 Å². The number of ether oxygens (including phenoxy) is 2. The summed E-state index contributed by atoms with van der Waals surface area (Å²) in [5.74, 6) is -0.817. The molecule has 0 saturated carbocycles. The van der Waals surface area contributed by atoms with Gasteiger partial charge in [0.25, 0.3) is 0 Å². The van der Waals surface area contributed by atoms with Crippen molar-refractivity contribution >= 4 is 0 Å². The van der Waals surface area contributed by atoms with E-state index >= 15 is 0 Å². The van der Waals surface area contributed by atoms with Crippen molar-refractivity contribution in [2.24, 2.45) is 0 Å². The fraction of sp³-hybridized carbons (Fsp3) is 0.333. The number of hydrogen-bond donors (Lipinski definition) is 1. The van der Waals surface area contributed by atoms with Gasteiger partial charge < -0.3 is 14.8 Å². The van der Waals surface area contributed by atoms with Crippen LogP contribution in [0.25, 0.3) is 0 Å². The molecule has 0 fully saturated rings. The molecule has 0 saturated heterocycles. The molecule has 0 spiro atoms. The predicted octanol–water partition coefficient (Wildman–Crippen LogP) is 7.40. The Hall–Kier alpha value is -3.20. The number of benzene rings is 3. The highest BCUT2D eigenvalue weighted by Crippen LogP contribution is 2.39. The van der Waals surface area contributed by atoms with Crippen molar-refractivity contribution in [3.63, 3.8) is 0 Å². The molecule has 0 radical (unpaired) electrons. The predicted molar refractivity (Wildman–Crippen MR) is 125 cm³/mol. The van der Waals surface area contributed by atoms with Crippen LogP contribution < -0.4 is 14.8 Å². The third kappa shape index (κ3) is 7.91. The smallest absolute Gasteiger partial charge is 0.406 e. The molecule has 1 N–H and O–H groups in total. The monoisotopic (exact) mass is 511 g/mol. The minimum Gasteiger partial charge on any atom is -0.406 e. The summed E-state index contributed by atoms with van der Waals surface area (Å²) < 4.78 is 86.2. The quantitative estimate of drug-likeness (QED) is 0.215. The Labute approximate surface area is 206 Å². The van der Waals surface area contributed by atoms with Crippen molar-refractivity contribution in [3.8, 4) is 11.5 Å². The molecular weight excluding hydrogens is 484 g/mol. The zero-order valence-corrected chi connectivity index (χ0v) is 19.6. The molecule has 0 aliphatic carbocycles. The van der Waals surface area contributed by atoms with E-state index in [1.165, 1.54) is 36.4 Å². The lowest BCUT2D eigenvalue weighted by Crippen LogP contribution is -2.41. The summed E-state index contributed by atoms with van der Waals surface area (Å²) in [6, 6.07) is 20.4. The summed E-state index contributed by atoms with van der Waals surface area (Å²) in [4.78, 5) is 0. The summed E-state index contributed by atoms with van der Waals surface area (Å²) in [5.41, 5.74) is 0.743. The van der Waals surface area contributed by atoms with Crippen LogP contribution in [0, 0.1) is 0 Å². The Balaban J connectivity index is 2.17. The lowest BCUT2D eigenvalue weighted by Gasteiger charge is -2.36. The topological polar surface area (TPSA) is 30.5 Å². The van der Waals surface area contributed by atoms with E-state index in [-0.39, 0.29) is 6.54 Å². The van der Waals surface area contributed by atoms with E-state index in [0.29, 0.717) is 24.1 Å². The number of halogens is 6. The number of rotatable bonds is 11. The molecule has 0 amide bonds. The second-order valence-electron chi connectivity index (χ2n) is 8.43. The van der Waals surface area contributed by atoms with Crippen molar-refractivity contribution in [3.05, 3.63) is 95.6 Å². The highest BCUT2D eigenvalue weighted by Gasteiger charge is 2.38. The molecule has 0 aromatic heterocycles. The molecule has 9 heteroatoms. The SMILES string of the molecule is CCCCNCC(Cc1ccccc1)(c1cccc(OC(F)(F)F)c1)c1cccc(OC(F)(F)F)c1. The molecular formula is C27H27F6NO2. The number of alkyl halides is 6. The average molecular weight is 512 g/mol. The molecule has 3 rings (SSSR count). The first kappa shape index (κ1) is 27.4. The number of unbranched alkanes of at least 4 members (excludes halogenated alkanes) is 1. The Morgan fingerprint density at radius 1 is 0.694 bits per heavy atom. The van der Waals surface area contributed by atoms with Crippen LogP contribution in [0.2, 0.25) is 0 Å². The second kappa shape index (κ2) is 11.7. The first-order chi connectivity index (χ1) is 17.0. The Kier molecular flexibility index (Phi) is 8.89. The average Bonchev–Trinajstić information content (AvgIpc) is 2.80. The minimum absolute atomic E-state index is 0.257. The molecule has 0 heterocycles. The van der Waals surface area contributed by atoms with Gasteiger partial charge in [-0.05, 0) is 60.3 Å². The number of hydrogen-bond acceptors (Lipinski definition) is 3. The van der Waals surface area contributed by atoms with E-state index in [1.54, 1.807) is 12.1 Å². The van der Waals surface area contributed by atoms with E-state index in [0.717, 1.165) is 18.4 Å². The van der Waals surface area contributed by atoms with Gasteiger partial charge in [0.05, 0.1) is 0 Å². The maximum Gasteiger partial charge on any atom is 0.573 e. The fourth-order valence-corrected chi connectivity index (χ4v) is 4.17. The summed E-state index contributed by atoms with van der Waals surface area (Å²) >= 11 is 0. The first-order valence-electron chi connectivity index (χ1n) is 11.5. The standard InChI is InChI=1S/C27H27F6NO2/c1-2-3-15-34-19-25(18-20-9-5-4-6-10-20,21-11-7-13-23(16-21)35-26(28,29)30)22-12-8-14-24(17-22)36-27(31,32)33/h4-14,16-17,34H,2-3,15,18-19H2,1H3. The maximum absolute atomic E-state index is 13.0. The van der Waals surface area contributed by atoms with Crippen LogP contribution in [0.3, 0.4) is 0 Å². The minimum atomic E-state index is -4.89. The molecule has 0 bridgehead atoms. The molecule has 36 heavy (non-hydrogen) atoms. The molecule has 3 nitrogen and oxygen atoms in total. The normalized spacial score (nSPS) is 12.4. The van der Waals surface area contributed by atoms with Gasteiger partial charge >= 0.3 is 12.7 Å². The van der Waals surface area contributed by atoms with E-state index in [2.05, 4.69) is 14.8 Å². The highest BCUT2D eigenvalue weighted by molar-refractivity contribution is 5.47. The van der Waals surface area contributed by atoms with Crippen LogP contribution in [0.4, 0.5) is 26.3 Å². The van der Waals surface area contributed by atoms with Crippen molar-refractivity contribution in [2.45, 2.75) is 44.3 Å². The summed E-state index contributed by atoms with van der Waals surface area (Å²) in [6.07, 6.45) is -7.70. The molecule has 194 valence electrons. The Morgan fingerprint density at radius 2 is 1.22 bits per heavy atom. The van der Waals surface area contributed by atoms with Crippen LogP contribution in [0.15, 0.2) is 78.9 Å². The van der Waals surface area contributed by atoms with Gasteiger partial charge in [0.2, 0.25) is 0 Å². The third-order valence-corrected chi connectivity index (χ3v) is 5.72. The molecule has 3 aromatic rings. The molecule has 0 aliphatic rings. The zero-order valence-electron chi connectivity index (χ0n) is 19.6. The largest absolute Gasteiger partial charge is 0.573 e. The highest BCUT2D eigenvalue weighted by atomic mass is 19.4. The van der Waals surface area contributed by atoms with Gasteiger partial charge in [0.1, 0.15) is 11.5 Å². The van der Waals surface area contributed by atoms with Crippen LogP contribution in [0.5, 0.6) is 11.5 Å². The van der Waals surface area contributed by atoms with Gasteiger partial charge in [-0.25, -0.2) is 0 Å². The molecule has 0 atom stereocenters. The van der Waals surface area contributed by atoms with Gasteiger partial charge in [0.15, 0.2) is 0 Å². The van der Waals surface area contributed by atoms with Gasteiger partial charge in [0, 0.05) is 12.0 Å². The number of nitrogens with one attached hydrogen (secondary N) is 1. The van der Waals surface area contributed by atoms with Crippen LogP contribution in [-0.2, 0) is 11.8 Å². The van der Waals surface area contributed by atoms with Crippen molar-refractivity contribution in [2.75, 3.05) is 13.1 Å². The summed E-state index contributed by atoms with van der Waals surface area (Å²) in [6.45, 7) is 2.91. The van der Waals surface area contributed by atoms with E-state index in [4.69, 9.17) is 0 Å². The maximum atomic E-state index is 13.0. The third-order valence-electron chi connectivity index (χ3n) is 5.72. The van der Waals surface area contributed by atoms with E-state index < -0.39 is 29.6 Å². The molecule has 0 unspecified atom stereocenters. The van der Waals surface area contributed by atoms with Crippen LogP contribution in [-0.4, -0.2) is 25.8 Å². The lowest BCUT2D eigenvalue weighted by atomic mass is 9.70. The zero-order chi connectivity index (χ0) is 26.2. The van der Waals surface area contributed by atoms with Gasteiger partial charge in [-0.15, -0.1) is 26.3 Å². The van der Waals surface area contributed by atoms with Crippen LogP contribution in [0.1, 0.15) is 36.5 Å². The lowest BCUT2D eigenvalue weighted by molar-refractivity contribution is -0.275. The van der Waals surface area contributed by atoms with Crippen LogP contribution >= 0.6 is 0 Å². The first-order valence-corrected chi connectivity index (χ1v) is 11.5. The Bertz CT molecular complexity index is 1040. The van der Waals surface area contributed by atoms with Crippen molar-refractivity contribution in [1.82, 2.24) is 5.32 Å². The van der Waals surface area contributed by atoms with E-state index in [9.17, 15) is 26.3 Å².